The molecule has 1 atom stereocenters. The molecular weight excluding hydrogens is 528 g/mol. The number of nitrogens with one attached hydrogen (secondary N) is 1. The third-order valence-electron chi connectivity index (χ3n) is 7.33. The molecule has 40 heavy (non-hydrogen) atoms. The summed E-state index contributed by atoms with van der Waals surface area (Å²) >= 11 is 6.11. The van der Waals surface area contributed by atoms with Crippen LogP contribution in [-0.2, 0) is 9.53 Å². The molecule has 10 heteroatoms. The number of amides is 1. The highest BCUT2D eigenvalue weighted by atomic mass is 35.5. The monoisotopic (exact) mass is 564 g/mol. The number of fused-ring (bicyclic) bond motifs is 1. The molecule has 0 radical (unpaired) electrons. The summed E-state index contributed by atoms with van der Waals surface area (Å²) in [7, 11) is 0. The number of piperazine rings is 1. The maximum Gasteiger partial charge on any atom is 0.248 e. The summed E-state index contributed by atoms with van der Waals surface area (Å²) in [6.45, 7) is 10.5. The van der Waals surface area contributed by atoms with Crippen LogP contribution in [0.5, 0.6) is 11.5 Å². The minimum Gasteiger partial charge on any atom is -0.457 e. The maximum atomic E-state index is 12.3. The Kier molecular flexibility index (Phi) is 9.36. The molecule has 2 aromatic carbocycles. The summed E-state index contributed by atoms with van der Waals surface area (Å²) in [5.41, 5.74) is 2.07. The molecule has 0 bridgehead atoms. The molecular formula is C30H37ClN6O3. The van der Waals surface area contributed by atoms with Gasteiger partial charge in [-0.1, -0.05) is 23.7 Å². The minimum atomic E-state index is 0.0822. The Labute approximate surface area is 241 Å². The standard InChI is InChI=1S/C30H37ClN6O3/c1-3-39-21-29(38)36-15-12-35(13-16-36)14-17-37-11-10-28(27-20-32-22(2)33-30(27)37)34-24-7-5-9-26(19-24)40-25-8-4-6-23(31)18-25/h4-9,18-20,28,34H,3,10-17,21H2,1-2H3. The Balaban J connectivity index is 1.20. The molecule has 0 aliphatic carbocycles. The van der Waals surface area contributed by atoms with Crippen molar-refractivity contribution in [2.24, 2.45) is 0 Å². The number of aromatic nitrogens is 2. The van der Waals surface area contributed by atoms with E-state index in [1.54, 1.807) is 6.07 Å². The Morgan fingerprint density at radius 1 is 1.05 bits per heavy atom. The average Bonchev–Trinajstić information content (AvgIpc) is 2.96. The summed E-state index contributed by atoms with van der Waals surface area (Å²) in [6, 6.07) is 15.4. The number of halogens is 1. The minimum absolute atomic E-state index is 0.0822. The quantitative estimate of drug-likeness (QED) is 0.377. The Hall–Kier alpha value is -3.40. The zero-order valence-electron chi connectivity index (χ0n) is 23.2. The van der Waals surface area contributed by atoms with E-state index < -0.39 is 0 Å². The van der Waals surface area contributed by atoms with Crippen molar-refractivity contribution in [3.8, 4) is 11.5 Å². The number of rotatable bonds is 10. The molecule has 1 amide bonds. The summed E-state index contributed by atoms with van der Waals surface area (Å²) in [5.74, 6) is 3.28. The van der Waals surface area contributed by atoms with Crippen molar-refractivity contribution in [2.75, 3.05) is 69.2 Å². The summed E-state index contributed by atoms with van der Waals surface area (Å²) in [6.07, 6.45) is 2.88. The highest BCUT2D eigenvalue weighted by Gasteiger charge is 2.28. The van der Waals surface area contributed by atoms with Gasteiger partial charge < -0.3 is 24.6 Å². The fourth-order valence-electron chi connectivity index (χ4n) is 5.16. The number of nitrogens with zero attached hydrogens (tertiary/aromatic N) is 5. The normalized spacial score (nSPS) is 17.4. The van der Waals surface area contributed by atoms with E-state index in [4.69, 9.17) is 26.1 Å². The third-order valence-corrected chi connectivity index (χ3v) is 7.56. The van der Waals surface area contributed by atoms with Crippen LogP contribution in [0.1, 0.15) is 30.8 Å². The van der Waals surface area contributed by atoms with Crippen LogP contribution in [-0.4, -0.2) is 84.7 Å². The number of carbonyl (C=O) groups excluding carboxylic acids is 1. The second-order valence-corrected chi connectivity index (χ2v) is 10.6. The van der Waals surface area contributed by atoms with Gasteiger partial charge in [-0.25, -0.2) is 9.97 Å². The molecule has 5 rings (SSSR count). The summed E-state index contributed by atoms with van der Waals surface area (Å²) in [5, 5.41) is 4.32. The SMILES string of the molecule is CCOCC(=O)N1CCN(CCN2CCC(Nc3cccc(Oc4cccc(Cl)c4)c3)c3cnc(C)nc32)CC1. The van der Waals surface area contributed by atoms with E-state index in [1.807, 2.05) is 67.4 Å². The number of carbonyl (C=O) groups is 1. The second-order valence-electron chi connectivity index (χ2n) is 10.1. The average molecular weight is 565 g/mol. The predicted octanol–water partition coefficient (Wildman–Crippen LogP) is 4.77. The van der Waals surface area contributed by atoms with Gasteiger partial charge in [0.1, 0.15) is 29.7 Å². The Bertz CT molecular complexity index is 1300. The van der Waals surface area contributed by atoms with Gasteiger partial charge in [-0.2, -0.15) is 0 Å². The van der Waals surface area contributed by atoms with Crippen LogP contribution >= 0.6 is 11.6 Å². The van der Waals surface area contributed by atoms with Gasteiger partial charge in [-0.15, -0.1) is 0 Å². The van der Waals surface area contributed by atoms with Crippen molar-refractivity contribution < 1.29 is 14.3 Å². The first-order valence-electron chi connectivity index (χ1n) is 13.9. The van der Waals surface area contributed by atoms with Crippen LogP contribution in [0.15, 0.2) is 54.7 Å². The zero-order chi connectivity index (χ0) is 27.9. The smallest absolute Gasteiger partial charge is 0.248 e. The molecule has 1 aromatic heterocycles. The van der Waals surface area contributed by atoms with Crippen LogP contribution in [0.2, 0.25) is 5.02 Å². The van der Waals surface area contributed by atoms with Gasteiger partial charge in [0, 0.05) is 81.0 Å². The third kappa shape index (κ3) is 7.21. The zero-order valence-corrected chi connectivity index (χ0v) is 23.9. The summed E-state index contributed by atoms with van der Waals surface area (Å²) in [4.78, 5) is 28.3. The molecule has 2 aliphatic rings. The number of anilines is 2. The van der Waals surface area contributed by atoms with Crippen LogP contribution in [0.3, 0.4) is 0 Å². The predicted molar refractivity (Wildman–Crippen MR) is 157 cm³/mol. The number of aryl methyl sites for hydroxylation is 1. The Morgan fingerprint density at radius 2 is 1.82 bits per heavy atom. The second kappa shape index (κ2) is 13.3. The van der Waals surface area contributed by atoms with Crippen LogP contribution in [0.4, 0.5) is 11.5 Å². The first-order valence-corrected chi connectivity index (χ1v) is 14.3. The molecule has 3 heterocycles. The van der Waals surface area contributed by atoms with Gasteiger partial charge in [-0.3, -0.25) is 9.69 Å². The fraction of sp³-hybridized carbons (Fsp3) is 0.433. The largest absolute Gasteiger partial charge is 0.457 e. The molecule has 1 fully saturated rings. The number of benzene rings is 2. The van der Waals surface area contributed by atoms with Crippen molar-refractivity contribution in [2.45, 2.75) is 26.3 Å². The van der Waals surface area contributed by atoms with Gasteiger partial charge in [0.05, 0.1) is 6.04 Å². The van der Waals surface area contributed by atoms with E-state index in [-0.39, 0.29) is 18.6 Å². The first kappa shape index (κ1) is 28.1. The highest BCUT2D eigenvalue weighted by Crippen LogP contribution is 2.35. The van der Waals surface area contributed by atoms with Crippen molar-refractivity contribution in [1.29, 1.82) is 0 Å². The first-order chi connectivity index (χ1) is 19.5. The lowest BCUT2D eigenvalue weighted by atomic mass is 10.00. The van der Waals surface area contributed by atoms with E-state index in [9.17, 15) is 4.79 Å². The van der Waals surface area contributed by atoms with Crippen LogP contribution in [0, 0.1) is 6.92 Å². The van der Waals surface area contributed by atoms with Crippen molar-refractivity contribution >= 4 is 29.0 Å². The molecule has 3 aromatic rings. The number of hydrogen-bond acceptors (Lipinski definition) is 8. The molecule has 212 valence electrons. The van der Waals surface area contributed by atoms with Gasteiger partial charge in [-0.05, 0) is 50.6 Å². The summed E-state index contributed by atoms with van der Waals surface area (Å²) < 4.78 is 11.3. The molecule has 9 nitrogen and oxygen atoms in total. The van der Waals surface area contributed by atoms with Gasteiger partial charge in [0.15, 0.2) is 0 Å². The van der Waals surface area contributed by atoms with Crippen molar-refractivity contribution in [3.63, 3.8) is 0 Å². The van der Waals surface area contributed by atoms with E-state index in [1.165, 1.54) is 0 Å². The Morgan fingerprint density at radius 3 is 2.60 bits per heavy atom. The van der Waals surface area contributed by atoms with Crippen molar-refractivity contribution in [1.82, 2.24) is 19.8 Å². The molecule has 1 unspecified atom stereocenters. The molecule has 1 N–H and O–H groups in total. The van der Waals surface area contributed by atoms with Gasteiger partial charge in [0.25, 0.3) is 0 Å². The van der Waals surface area contributed by atoms with Crippen LogP contribution < -0.4 is 15.0 Å². The number of hydrogen-bond donors (Lipinski definition) is 1. The van der Waals surface area contributed by atoms with Gasteiger partial charge in [0.2, 0.25) is 5.91 Å². The van der Waals surface area contributed by atoms with Crippen LogP contribution in [0.25, 0.3) is 0 Å². The highest BCUT2D eigenvalue weighted by molar-refractivity contribution is 6.30. The molecule has 1 saturated heterocycles. The van der Waals surface area contributed by atoms with Crippen molar-refractivity contribution in [3.05, 3.63) is 71.1 Å². The fourth-order valence-corrected chi connectivity index (χ4v) is 5.34. The van der Waals surface area contributed by atoms with Gasteiger partial charge >= 0.3 is 0 Å². The lowest BCUT2D eigenvalue weighted by molar-refractivity contribution is -0.137. The lowest BCUT2D eigenvalue weighted by Crippen LogP contribution is -2.51. The van der Waals surface area contributed by atoms with E-state index in [0.717, 1.165) is 80.9 Å². The molecule has 2 aliphatic heterocycles. The lowest BCUT2D eigenvalue weighted by Gasteiger charge is -2.38. The molecule has 0 saturated carbocycles. The maximum absolute atomic E-state index is 12.3. The van der Waals surface area contributed by atoms with E-state index in [0.29, 0.717) is 17.4 Å². The topological polar surface area (TPSA) is 83.1 Å². The number of ether oxygens (including phenoxy) is 2. The van der Waals surface area contributed by atoms with E-state index in [2.05, 4.69) is 20.1 Å². The molecule has 0 spiro atoms. The van der Waals surface area contributed by atoms with E-state index >= 15 is 0 Å².